The molecule has 2 rings (SSSR count). The number of urea groups is 1. The average molecular weight is 305 g/mol. The lowest BCUT2D eigenvalue weighted by Gasteiger charge is -2.41. The van der Waals surface area contributed by atoms with Gasteiger partial charge in [-0.3, -0.25) is 4.79 Å². The van der Waals surface area contributed by atoms with Gasteiger partial charge in [-0.25, -0.2) is 4.79 Å². The quantitative estimate of drug-likeness (QED) is 0.877. The number of benzene rings is 1. The molecule has 0 aromatic heterocycles. The molecule has 3 N–H and O–H groups in total. The maximum absolute atomic E-state index is 12.5. The van der Waals surface area contributed by atoms with Crippen LogP contribution < -0.4 is 11.1 Å². The third kappa shape index (κ3) is 3.76. The zero-order chi connectivity index (χ0) is 16.5. The maximum Gasteiger partial charge on any atom is 0.322 e. The highest BCUT2D eigenvalue weighted by Gasteiger charge is 2.33. The second kappa shape index (κ2) is 5.96. The molecule has 1 aromatic rings. The van der Waals surface area contributed by atoms with Crippen LogP contribution in [0, 0.1) is 6.92 Å². The molecule has 1 aliphatic heterocycles. The summed E-state index contributed by atoms with van der Waals surface area (Å²) in [6.45, 7) is 8.78. The first-order valence-corrected chi connectivity index (χ1v) is 7.32. The van der Waals surface area contributed by atoms with Crippen LogP contribution in [-0.2, 0) is 4.74 Å². The molecule has 0 spiro atoms. The molecule has 1 aromatic carbocycles. The van der Waals surface area contributed by atoms with Crippen molar-refractivity contribution in [2.45, 2.75) is 39.4 Å². The molecule has 0 radical (unpaired) electrons. The zero-order valence-electron chi connectivity index (χ0n) is 13.5. The van der Waals surface area contributed by atoms with Gasteiger partial charge in [-0.05, 0) is 45.4 Å². The number of carbonyl (C=O) groups is 2. The summed E-state index contributed by atoms with van der Waals surface area (Å²) in [5, 5.41) is 2.86. The Kier molecular flexibility index (Phi) is 4.42. The molecule has 22 heavy (non-hydrogen) atoms. The molecule has 6 heteroatoms. The SMILES string of the molecule is Cc1ccc(C(N)=O)cc1NC(=O)N1CC(C)OC(C)(C)C1. The molecule has 1 unspecified atom stereocenters. The van der Waals surface area contributed by atoms with E-state index in [1.165, 1.54) is 0 Å². The van der Waals surface area contributed by atoms with Crippen molar-refractivity contribution in [3.05, 3.63) is 29.3 Å². The minimum Gasteiger partial charge on any atom is -0.369 e. The van der Waals surface area contributed by atoms with Crippen LogP contribution in [0.4, 0.5) is 10.5 Å². The van der Waals surface area contributed by atoms with Crippen molar-refractivity contribution in [1.29, 1.82) is 0 Å². The molecule has 6 nitrogen and oxygen atoms in total. The van der Waals surface area contributed by atoms with Gasteiger partial charge in [-0.15, -0.1) is 0 Å². The van der Waals surface area contributed by atoms with Crippen molar-refractivity contribution in [3.63, 3.8) is 0 Å². The lowest BCUT2D eigenvalue weighted by atomic mass is 10.1. The van der Waals surface area contributed by atoms with Gasteiger partial charge in [0.25, 0.3) is 0 Å². The van der Waals surface area contributed by atoms with Crippen molar-refractivity contribution >= 4 is 17.6 Å². The van der Waals surface area contributed by atoms with Gasteiger partial charge in [-0.1, -0.05) is 6.07 Å². The first-order chi connectivity index (χ1) is 10.2. The molecule has 1 fully saturated rings. The highest BCUT2D eigenvalue weighted by molar-refractivity contribution is 5.96. The first-order valence-electron chi connectivity index (χ1n) is 7.32. The summed E-state index contributed by atoms with van der Waals surface area (Å²) in [6.07, 6.45) is -0.0208. The van der Waals surface area contributed by atoms with Gasteiger partial charge in [0.05, 0.1) is 18.2 Å². The summed E-state index contributed by atoms with van der Waals surface area (Å²) in [5.41, 5.74) is 6.75. The largest absolute Gasteiger partial charge is 0.369 e. The highest BCUT2D eigenvalue weighted by atomic mass is 16.5. The van der Waals surface area contributed by atoms with Gasteiger partial charge < -0.3 is 20.7 Å². The Hall–Kier alpha value is -2.08. The number of aryl methyl sites for hydroxylation is 1. The zero-order valence-corrected chi connectivity index (χ0v) is 13.5. The van der Waals surface area contributed by atoms with Crippen LogP contribution in [0.25, 0.3) is 0 Å². The number of amides is 3. The first kappa shape index (κ1) is 16.3. The van der Waals surface area contributed by atoms with Gasteiger partial charge in [0.1, 0.15) is 0 Å². The van der Waals surface area contributed by atoms with E-state index in [4.69, 9.17) is 10.5 Å². The van der Waals surface area contributed by atoms with E-state index in [0.717, 1.165) is 5.56 Å². The van der Waals surface area contributed by atoms with Gasteiger partial charge in [0.2, 0.25) is 5.91 Å². The molecule has 0 bridgehead atoms. The summed E-state index contributed by atoms with van der Waals surface area (Å²) in [7, 11) is 0. The fourth-order valence-electron chi connectivity index (χ4n) is 2.71. The topological polar surface area (TPSA) is 84.7 Å². The molecule has 1 atom stereocenters. The number of rotatable bonds is 2. The molecular formula is C16H23N3O3. The molecule has 1 saturated heterocycles. The molecule has 1 heterocycles. The summed E-state index contributed by atoms with van der Waals surface area (Å²) >= 11 is 0. The van der Waals surface area contributed by atoms with Crippen LogP contribution in [-0.4, -0.2) is 41.6 Å². The van der Waals surface area contributed by atoms with E-state index in [2.05, 4.69) is 5.32 Å². The summed E-state index contributed by atoms with van der Waals surface area (Å²) < 4.78 is 5.80. The number of morpholine rings is 1. The van der Waals surface area contributed by atoms with Crippen LogP contribution in [0.3, 0.4) is 0 Å². The molecular weight excluding hydrogens is 282 g/mol. The Balaban J connectivity index is 2.15. The lowest BCUT2D eigenvalue weighted by Crippen LogP contribution is -2.54. The summed E-state index contributed by atoms with van der Waals surface area (Å²) in [4.78, 5) is 25.5. The molecule has 120 valence electrons. The Morgan fingerprint density at radius 1 is 1.41 bits per heavy atom. The average Bonchev–Trinajstić information content (AvgIpc) is 2.38. The van der Waals surface area contributed by atoms with Crippen LogP contribution in [0.5, 0.6) is 0 Å². The number of hydrogen-bond donors (Lipinski definition) is 2. The molecule has 1 aliphatic rings. The second-order valence-corrected chi connectivity index (χ2v) is 6.39. The normalized spacial score (nSPS) is 20.5. The van der Waals surface area contributed by atoms with Crippen molar-refractivity contribution in [1.82, 2.24) is 4.90 Å². The fraction of sp³-hybridized carbons (Fsp3) is 0.500. The lowest BCUT2D eigenvalue weighted by molar-refractivity contribution is -0.116. The van der Waals surface area contributed by atoms with Gasteiger partial charge in [-0.2, -0.15) is 0 Å². The Bertz CT molecular complexity index is 598. The van der Waals surface area contributed by atoms with Gasteiger partial charge >= 0.3 is 6.03 Å². The van der Waals surface area contributed by atoms with E-state index in [-0.39, 0.29) is 17.7 Å². The molecule has 0 saturated carbocycles. The van der Waals surface area contributed by atoms with E-state index in [1.54, 1.807) is 23.1 Å². The van der Waals surface area contributed by atoms with Crippen molar-refractivity contribution in [2.75, 3.05) is 18.4 Å². The van der Waals surface area contributed by atoms with E-state index < -0.39 is 5.91 Å². The Morgan fingerprint density at radius 3 is 2.68 bits per heavy atom. The number of nitrogens with one attached hydrogen (secondary N) is 1. The number of anilines is 1. The van der Waals surface area contributed by atoms with Crippen LogP contribution in [0.1, 0.15) is 36.7 Å². The van der Waals surface area contributed by atoms with Crippen molar-refractivity contribution < 1.29 is 14.3 Å². The minimum absolute atomic E-state index is 0.0208. The Labute approximate surface area is 130 Å². The Morgan fingerprint density at radius 2 is 2.09 bits per heavy atom. The second-order valence-electron chi connectivity index (χ2n) is 6.39. The third-order valence-electron chi connectivity index (χ3n) is 3.62. The monoisotopic (exact) mass is 305 g/mol. The van der Waals surface area contributed by atoms with E-state index in [1.807, 2.05) is 27.7 Å². The highest BCUT2D eigenvalue weighted by Crippen LogP contribution is 2.23. The van der Waals surface area contributed by atoms with Crippen molar-refractivity contribution in [2.24, 2.45) is 5.73 Å². The van der Waals surface area contributed by atoms with Crippen LogP contribution in [0.2, 0.25) is 0 Å². The smallest absolute Gasteiger partial charge is 0.322 e. The van der Waals surface area contributed by atoms with Crippen LogP contribution >= 0.6 is 0 Å². The van der Waals surface area contributed by atoms with Crippen molar-refractivity contribution in [3.8, 4) is 0 Å². The number of nitrogens with zero attached hydrogens (tertiary/aromatic N) is 1. The number of carbonyl (C=O) groups excluding carboxylic acids is 2. The molecule has 0 aliphatic carbocycles. The van der Waals surface area contributed by atoms with E-state index in [0.29, 0.717) is 24.3 Å². The van der Waals surface area contributed by atoms with Gasteiger partial charge in [0.15, 0.2) is 0 Å². The minimum atomic E-state index is -0.517. The van der Waals surface area contributed by atoms with E-state index >= 15 is 0 Å². The fourth-order valence-corrected chi connectivity index (χ4v) is 2.71. The summed E-state index contributed by atoms with van der Waals surface area (Å²) in [6, 6.07) is 4.81. The van der Waals surface area contributed by atoms with Crippen LogP contribution in [0.15, 0.2) is 18.2 Å². The number of ether oxygens (including phenoxy) is 1. The number of hydrogen-bond acceptors (Lipinski definition) is 3. The standard InChI is InChI=1S/C16H23N3O3/c1-10-5-6-12(14(17)20)7-13(10)18-15(21)19-8-11(2)22-16(3,4)9-19/h5-7,11H,8-9H2,1-4H3,(H2,17,20)(H,18,21). The predicted octanol–water partition coefficient (Wildman–Crippen LogP) is 2.13. The maximum atomic E-state index is 12.5. The number of nitrogens with two attached hydrogens (primary N) is 1. The predicted molar refractivity (Wildman–Crippen MR) is 84.9 cm³/mol. The third-order valence-corrected chi connectivity index (χ3v) is 3.62. The van der Waals surface area contributed by atoms with E-state index in [9.17, 15) is 9.59 Å². The number of primary amides is 1. The van der Waals surface area contributed by atoms with Gasteiger partial charge in [0, 0.05) is 17.8 Å². The molecule has 3 amide bonds. The summed E-state index contributed by atoms with van der Waals surface area (Å²) in [5.74, 6) is -0.517.